The molecule has 2 amide bonds. The maximum atomic E-state index is 12.4. The fourth-order valence-electron chi connectivity index (χ4n) is 2.99. The van der Waals surface area contributed by atoms with Gasteiger partial charge in [0.15, 0.2) is 0 Å². The third-order valence-electron chi connectivity index (χ3n) is 4.28. The van der Waals surface area contributed by atoms with Crippen molar-refractivity contribution in [2.24, 2.45) is 5.14 Å². The Hall–Kier alpha value is -2.38. The van der Waals surface area contributed by atoms with Gasteiger partial charge in [-0.2, -0.15) is 0 Å². The van der Waals surface area contributed by atoms with Crippen LogP contribution in [0.5, 0.6) is 0 Å². The molecule has 0 aliphatic carbocycles. The molecular formula is C18H21N3O3S. The lowest BCUT2D eigenvalue weighted by Gasteiger charge is -2.18. The number of urea groups is 1. The van der Waals surface area contributed by atoms with Crippen LogP contribution in [0.1, 0.15) is 17.5 Å². The Morgan fingerprint density at radius 3 is 2.64 bits per heavy atom. The molecule has 0 unspecified atom stereocenters. The molecule has 7 heteroatoms. The van der Waals surface area contributed by atoms with Gasteiger partial charge in [0.05, 0.1) is 4.90 Å². The Bertz CT molecular complexity index is 866. The number of amides is 2. The molecule has 2 aromatic rings. The Morgan fingerprint density at radius 1 is 1.16 bits per heavy atom. The Kier molecular flexibility index (Phi) is 5.06. The van der Waals surface area contributed by atoms with E-state index in [2.05, 4.69) is 17.4 Å². The lowest BCUT2D eigenvalue weighted by Crippen LogP contribution is -2.39. The predicted molar refractivity (Wildman–Crippen MR) is 97.0 cm³/mol. The summed E-state index contributed by atoms with van der Waals surface area (Å²) < 4.78 is 22.8. The molecule has 1 heterocycles. The number of carbonyl (C=O) groups is 1. The molecule has 132 valence electrons. The smallest absolute Gasteiger partial charge is 0.321 e. The highest BCUT2D eigenvalue weighted by Gasteiger charge is 2.25. The summed E-state index contributed by atoms with van der Waals surface area (Å²) in [6.07, 6.45) is 2.40. The molecule has 6 nitrogen and oxygen atoms in total. The number of aryl methyl sites for hydroxylation is 1. The van der Waals surface area contributed by atoms with E-state index in [1.165, 1.54) is 11.6 Å². The standard InChI is InChI=1S/C18H21N3O3S/c19-25(23,24)16-8-9-17-15(13-16)10-12-21(17)18(22)20-11-4-7-14-5-2-1-3-6-14/h1-3,5-6,8-9,13H,4,7,10-12H2,(H,20,22)(H2,19,23,24). The summed E-state index contributed by atoms with van der Waals surface area (Å²) in [5.74, 6) is 0. The number of hydrogen-bond donors (Lipinski definition) is 2. The van der Waals surface area contributed by atoms with E-state index in [-0.39, 0.29) is 10.9 Å². The zero-order valence-corrected chi connectivity index (χ0v) is 14.6. The summed E-state index contributed by atoms with van der Waals surface area (Å²) in [6.45, 7) is 1.13. The van der Waals surface area contributed by atoms with Gasteiger partial charge in [-0.05, 0) is 48.6 Å². The first-order valence-electron chi connectivity index (χ1n) is 8.20. The van der Waals surface area contributed by atoms with Crippen LogP contribution < -0.4 is 15.4 Å². The number of hydrogen-bond acceptors (Lipinski definition) is 3. The molecule has 3 N–H and O–H groups in total. The van der Waals surface area contributed by atoms with E-state index in [1.54, 1.807) is 17.0 Å². The highest BCUT2D eigenvalue weighted by Crippen LogP contribution is 2.29. The normalized spacial score (nSPS) is 13.6. The van der Waals surface area contributed by atoms with Crippen molar-refractivity contribution in [1.82, 2.24) is 5.32 Å². The molecular weight excluding hydrogens is 338 g/mol. The van der Waals surface area contributed by atoms with Crippen molar-refractivity contribution in [1.29, 1.82) is 0 Å². The van der Waals surface area contributed by atoms with Crippen molar-refractivity contribution in [2.75, 3.05) is 18.0 Å². The molecule has 0 spiro atoms. The number of anilines is 1. The molecule has 0 bridgehead atoms. The molecule has 1 aliphatic heterocycles. The SMILES string of the molecule is NS(=O)(=O)c1ccc2c(c1)CCN2C(=O)NCCCc1ccccc1. The average molecular weight is 359 g/mol. The first kappa shape index (κ1) is 17.4. The van der Waals surface area contributed by atoms with Gasteiger partial charge in [0, 0.05) is 18.8 Å². The fraction of sp³-hybridized carbons (Fsp3) is 0.278. The minimum atomic E-state index is -3.73. The van der Waals surface area contributed by atoms with Crippen LogP contribution in [-0.4, -0.2) is 27.5 Å². The summed E-state index contributed by atoms with van der Waals surface area (Å²) in [5, 5.41) is 8.08. The first-order valence-corrected chi connectivity index (χ1v) is 9.75. The molecule has 0 saturated heterocycles. The second-order valence-electron chi connectivity index (χ2n) is 6.06. The number of fused-ring (bicyclic) bond motifs is 1. The van der Waals surface area contributed by atoms with E-state index >= 15 is 0 Å². The van der Waals surface area contributed by atoms with Crippen molar-refractivity contribution >= 4 is 21.7 Å². The number of rotatable bonds is 5. The zero-order chi connectivity index (χ0) is 17.9. The Balaban J connectivity index is 1.56. The summed E-state index contributed by atoms with van der Waals surface area (Å²) in [7, 11) is -3.73. The third kappa shape index (κ3) is 4.18. The Labute approximate surface area is 147 Å². The lowest BCUT2D eigenvalue weighted by atomic mass is 10.1. The summed E-state index contributed by atoms with van der Waals surface area (Å²) in [5.41, 5.74) is 2.82. The summed E-state index contributed by atoms with van der Waals surface area (Å²) >= 11 is 0. The lowest BCUT2D eigenvalue weighted by molar-refractivity contribution is 0.246. The largest absolute Gasteiger partial charge is 0.338 e. The van der Waals surface area contributed by atoms with E-state index in [0.29, 0.717) is 19.5 Å². The highest BCUT2D eigenvalue weighted by atomic mass is 32.2. The number of nitrogens with two attached hydrogens (primary N) is 1. The summed E-state index contributed by atoms with van der Waals surface area (Å²) in [6, 6.07) is 14.6. The third-order valence-corrected chi connectivity index (χ3v) is 5.19. The molecule has 0 saturated carbocycles. The maximum Gasteiger partial charge on any atom is 0.321 e. The number of sulfonamides is 1. The van der Waals surface area contributed by atoms with Gasteiger partial charge in [-0.25, -0.2) is 18.4 Å². The van der Waals surface area contributed by atoms with E-state index in [0.717, 1.165) is 24.1 Å². The second kappa shape index (κ2) is 7.25. The van der Waals surface area contributed by atoms with Gasteiger partial charge in [-0.3, -0.25) is 4.90 Å². The highest BCUT2D eigenvalue weighted by molar-refractivity contribution is 7.89. The van der Waals surface area contributed by atoms with Crippen LogP contribution in [0.3, 0.4) is 0 Å². The van der Waals surface area contributed by atoms with Crippen molar-refractivity contribution in [3.63, 3.8) is 0 Å². The van der Waals surface area contributed by atoms with E-state index < -0.39 is 10.0 Å². The van der Waals surface area contributed by atoms with Gasteiger partial charge < -0.3 is 5.32 Å². The molecule has 3 rings (SSSR count). The number of benzene rings is 2. The van der Waals surface area contributed by atoms with Gasteiger partial charge in [-0.1, -0.05) is 30.3 Å². The van der Waals surface area contributed by atoms with Crippen LogP contribution in [0.2, 0.25) is 0 Å². The molecule has 2 aromatic carbocycles. The minimum Gasteiger partial charge on any atom is -0.338 e. The fourth-order valence-corrected chi connectivity index (χ4v) is 3.56. The molecule has 0 fully saturated rings. The molecule has 0 aromatic heterocycles. The summed E-state index contributed by atoms with van der Waals surface area (Å²) in [4.78, 5) is 14.1. The number of primary sulfonamides is 1. The monoisotopic (exact) mass is 359 g/mol. The van der Waals surface area contributed by atoms with Gasteiger partial charge in [0.25, 0.3) is 0 Å². The number of nitrogens with one attached hydrogen (secondary N) is 1. The Morgan fingerprint density at radius 2 is 1.92 bits per heavy atom. The van der Waals surface area contributed by atoms with Crippen molar-refractivity contribution in [3.8, 4) is 0 Å². The van der Waals surface area contributed by atoms with Crippen molar-refractivity contribution < 1.29 is 13.2 Å². The van der Waals surface area contributed by atoms with E-state index in [4.69, 9.17) is 5.14 Å². The maximum absolute atomic E-state index is 12.4. The first-order chi connectivity index (χ1) is 11.9. The second-order valence-corrected chi connectivity index (χ2v) is 7.62. The van der Waals surface area contributed by atoms with Crippen LogP contribution in [-0.2, 0) is 22.9 Å². The molecule has 0 radical (unpaired) electrons. The van der Waals surface area contributed by atoms with Crippen molar-refractivity contribution in [3.05, 3.63) is 59.7 Å². The van der Waals surface area contributed by atoms with Crippen LogP contribution in [0.4, 0.5) is 10.5 Å². The molecule has 25 heavy (non-hydrogen) atoms. The van der Waals surface area contributed by atoms with Gasteiger partial charge in [0.2, 0.25) is 10.0 Å². The van der Waals surface area contributed by atoms with Crippen LogP contribution in [0.25, 0.3) is 0 Å². The average Bonchev–Trinajstić information content (AvgIpc) is 3.02. The molecule has 1 aliphatic rings. The van der Waals surface area contributed by atoms with Crippen LogP contribution in [0.15, 0.2) is 53.4 Å². The predicted octanol–water partition coefficient (Wildman–Crippen LogP) is 2.04. The van der Waals surface area contributed by atoms with E-state index in [9.17, 15) is 13.2 Å². The van der Waals surface area contributed by atoms with Gasteiger partial charge in [0.1, 0.15) is 0 Å². The topological polar surface area (TPSA) is 92.5 Å². The number of carbonyl (C=O) groups excluding carboxylic acids is 1. The van der Waals surface area contributed by atoms with Gasteiger partial charge in [-0.15, -0.1) is 0 Å². The molecule has 0 atom stereocenters. The van der Waals surface area contributed by atoms with Gasteiger partial charge >= 0.3 is 6.03 Å². The quantitative estimate of drug-likeness (QED) is 0.800. The van der Waals surface area contributed by atoms with Crippen molar-refractivity contribution in [2.45, 2.75) is 24.2 Å². The van der Waals surface area contributed by atoms with E-state index in [1.807, 2.05) is 18.2 Å². The zero-order valence-electron chi connectivity index (χ0n) is 13.8. The number of nitrogens with zero attached hydrogens (tertiary/aromatic N) is 1. The van der Waals surface area contributed by atoms with Crippen LogP contribution >= 0.6 is 0 Å². The minimum absolute atomic E-state index is 0.0800. The van der Waals surface area contributed by atoms with Crippen LogP contribution in [0, 0.1) is 0 Å².